The van der Waals surface area contributed by atoms with Crippen molar-refractivity contribution in [3.8, 4) is 0 Å². The molecule has 0 unspecified atom stereocenters. The monoisotopic (exact) mass is 223 g/mol. The Kier molecular flexibility index (Phi) is 2.58. The number of hydrogen-bond acceptors (Lipinski definition) is 2. The van der Waals surface area contributed by atoms with Gasteiger partial charge in [-0.05, 0) is 30.2 Å². The van der Waals surface area contributed by atoms with Crippen LogP contribution < -0.4 is 0 Å². The van der Waals surface area contributed by atoms with Crippen LogP contribution in [0.3, 0.4) is 0 Å². The summed E-state index contributed by atoms with van der Waals surface area (Å²) in [5.41, 5.74) is 3.38. The number of hydrogen-bond donors (Lipinski definition) is 1. The molecule has 0 aliphatic carbocycles. The van der Waals surface area contributed by atoms with E-state index in [2.05, 4.69) is 27.1 Å². The van der Waals surface area contributed by atoms with E-state index >= 15 is 0 Å². The van der Waals surface area contributed by atoms with Gasteiger partial charge < -0.3 is 4.98 Å². The first kappa shape index (κ1) is 10.0. The van der Waals surface area contributed by atoms with E-state index in [1.165, 1.54) is 5.56 Å². The van der Waals surface area contributed by atoms with Crippen molar-refractivity contribution in [1.82, 2.24) is 15.0 Å². The van der Waals surface area contributed by atoms with Gasteiger partial charge in [-0.3, -0.25) is 4.98 Å². The zero-order valence-corrected chi connectivity index (χ0v) is 9.43. The summed E-state index contributed by atoms with van der Waals surface area (Å²) in [7, 11) is 0. The lowest BCUT2D eigenvalue weighted by atomic mass is 10.1. The number of fused-ring (bicyclic) bond motifs is 1. The van der Waals surface area contributed by atoms with Crippen LogP contribution in [0.25, 0.3) is 11.0 Å². The molecule has 84 valence electrons. The molecule has 2 aromatic heterocycles. The molecule has 3 aromatic rings. The number of aromatic amines is 1. The molecule has 0 radical (unpaired) electrons. The fourth-order valence-electron chi connectivity index (χ4n) is 1.93. The summed E-state index contributed by atoms with van der Waals surface area (Å²) < 4.78 is 0. The zero-order valence-electron chi connectivity index (χ0n) is 9.43. The Morgan fingerprint density at radius 1 is 1.00 bits per heavy atom. The molecule has 3 rings (SSSR count). The van der Waals surface area contributed by atoms with Crippen molar-refractivity contribution in [1.29, 1.82) is 0 Å². The molecule has 0 spiro atoms. The van der Waals surface area contributed by atoms with E-state index < -0.39 is 0 Å². The molecule has 2 heterocycles. The third kappa shape index (κ3) is 2.18. The molecule has 0 aliphatic heterocycles. The van der Waals surface area contributed by atoms with Crippen LogP contribution in [0, 0.1) is 0 Å². The predicted molar refractivity (Wildman–Crippen MR) is 67.7 cm³/mol. The first-order chi connectivity index (χ1) is 8.42. The maximum absolute atomic E-state index is 4.55. The Labute approximate surface area is 99.5 Å². The molecule has 3 nitrogen and oxygen atoms in total. The zero-order chi connectivity index (χ0) is 11.5. The highest BCUT2D eigenvalue weighted by Gasteiger charge is 2.02. The van der Waals surface area contributed by atoms with Crippen molar-refractivity contribution >= 4 is 11.0 Å². The van der Waals surface area contributed by atoms with E-state index in [4.69, 9.17) is 0 Å². The van der Waals surface area contributed by atoms with Crippen LogP contribution in [0.2, 0.25) is 0 Å². The van der Waals surface area contributed by atoms with Crippen LogP contribution in [0.4, 0.5) is 0 Å². The number of para-hydroxylation sites is 2. The highest BCUT2D eigenvalue weighted by atomic mass is 14.9. The summed E-state index contributed by atoms with van der Waals surface area (Å²) >= 11 is 0. The number of benzene rings is 1. The van der Waals surface area contributed by atoms with Gasteiger partial charge in [-0.2, -0.15) is 0 Å². The first-order valence-electron chi connectivity index (χ1n) is 5.74. The maximum atomic E-state index is 4.55. The molecule has 0 fully saturated rings. The molecule has 17 heavy (non-hydrogen) atoms. The Hall–Kier alpha value is -2.16. The second-order valence-corrected chi connectivity index (χ2v) is 4.06. The van der Waals surface area contributed by atoms with Crippen LogP contribution in [-0.4, -0.2) is 15.0 Å². The summed E-state index contributed by atoms with van der Waals surface area (Å²) in [5, 5.41) is 0. The third-order valence-electron chi connectivity index (χ3n) is 2.81. The fraction of sp³-hybridized carbons (Fsp3) is 0.143. The van der Waals surface area contributed by atoms with E-state index in [0.717, 1.165) is 29.7 Å². The lowest BCUT2D eigenvalue weighted by Gasteiger charge is -1.97. The second-order valence-electron chi connectivity index (χ2n) is 4.06. The minimum Gasteiger partial charge on any atom is -0.342 e. The number of aromatic nitrogens is 3. The largest absolute Gasteiger partial charge is 0.342 e. The fourth-order valence-corrected chi connectivity index (χ4v) is 1.93. The molecule has 3 heteroatoms. The number of rotatable bonds is 3. The van der Waals surface area contributed by atoms with Gasteiger partial charge >= 0.3 is 0 Å². The van der Waals surface area contributed by atoms with Crippen molar-refractivity contribution < 1.29 is 0 Å². The van der Waals surface area contributed by atoms with Gasteiger partial charge in [0.15, 0.2) is 0 Å². The van der Waals surface area contributed by atoms with Crippen molar-refractivity contribution in [2.24, 2.45) is 0 Å². The highest BCUT2D eigenvalue weighted by Crippen LogP contribution is 2.11. The van der Waals surface area contributed by atoms with Crippen molar-refractivity contribution in [3.63, 3.8) is 0 Å². The molecule has 1 aromatic carbocycles. The van der Waals surface area contributed by atoms with Gasteiger partial charge in [0.1, 0.15) is 5.82 Å². The topological polar surface area (TPSA) is 41.6 Å². The standard InChI is InChI=1S/C14H13N3/c1-2-6-13-12(5-1)16-14(17-13)8-7-11-4-3-9-15-10-11/h1-6,9-10H,7-8H2,(H,16,17). The van der Waals surface area contributed by atoms with Crippen LogP contribution in [0.15, 0.2) is 48.8 Å². The second kappa shape index (κ2) is 4.37. The Morgan fingerprint density at radius 3 is 2.76 bits per heavy atom. The molecule has 1 N–H and O–H groups in total. The van der Waals surface area contributed by atoms with Crippen molar-refractivity contribution in [3.05, 3.63) is 60.2 Å². The SMILES string of the molecule is c1cncc(CCc2nc3ccccc3[nH]2)c1. The number of nitrogens with one attached hydrogen (secondary N) is 1. The van der Waals surface area contributed by atoms with Gasteiger partial charge in [0.25, 0.3) is 0 Å². The van der Waals surface area contributed by atoms with E-state index in [1.54, 1.807) is 6.20 Å². The van der Waals surface area contributed by atoms with Gasteiger partial charge in [-0.25, -0.2) is 4.98 Å². The summed E-state index contributed by atoms with van der Waals surface area (Å²) in [6.07, 6.45) is 5.58. The van der Waals surface area contributed by atoms with E-state index in [1.807, 2.05) is 30.5 Å². The van der Waals surface area contributed by atoms with Gasteiger partial charge in [0.2, 0.25) is 0 Å². The van der Waals surface area contributed by atoms with Gasteiger partial charge in [-0.15, -0.1) is 0 Å². The van der Waals surface area contributed by atoms with E-state index in [-0.39, 0.29) is 0 Å². The van der Waals surface area contributed by atoms with E-state index in [0.29, 0.717) is 0 Å². The molecule has 0 amide bonds. The average Bonchev–Trinajstić information content (AvgIpc) is 2.80. The Balaban J connectivity index is 1.77. The van der Waals surface area contributed by atoms with Crippen LogP contribution in [0.1, 0.15) is 11.4 Å². The molecule has 0 saturated heterocycles. The number of H-pyrrole nitrogens is 1. The Bertz CT molecular complexity index is 580. The smallest absolute Gasteiger partial charge is 0.107 e. The third-order valence-corrected chi connectivity index (χ3v) is 2.81. The number of aryl methyl sites for hydroxylation is 2. The quantitative estimate of drug-likeness (QED) is 0.741. The minimum atomic E-state index is 0.917. The summed E-state index contributed by atoms with van der Waals surface area (Å²) in [6, 6.07) is 12.2. The van der Waals surface area contributed by atoms with Crippen LogP contribution >= 0.6 is 0 Å². The maximum Gasteiger partial charge on any atom is 0.107 e. The normalized spacial score (nSPS) is 10.8. The van der Waals surface area contributed by atoms with Crippen LogP contribution in [-0.2, 0) is 12.8 Å². The van der Waals surface area contributed by atoms with E-state index in [9.17, 15) is 0 Å². The van der Waals surface area contributed by atoms with Gasteiger partial charge in [0, 0.05) is 18.8 Å². The lowest BCUT2D eigenvalue weighted by Crippen LogP contribution is -1.93. The lowest BCUT2D eigenvalue weighted by molar-refractivity contribution is 0.884. The molecule has 0 aliphatic rings. The average molecular weight is 223 g/mol. The number of nitrogens with zero attached hydrogens (tertiary/aromatic N) is 2. The minimum absolute atomic E-state index is 0.917. The number of imidazole rings is 1. The predicted octanol–water partition coefficient (Wildman–Crippen LogP) is 2.74. The Morgan fingerprint density at radius 2 is 1.94 bits per heavy atom. The first-order valence-corrected chi connectivity index (χ1v) is 5.74. The van der Waals surface area contributed by atoms with Gasteiger partial charge in [0.05, 0.1) is 11.0 Å². The molecule has 0 atom stereocenters. The van der Waals surface area contributed by atoms with Crippen molar-refractivity contribution in [2.75, 3.05) is 0 Å². The highest BCUT2D eigenvalue weighted by molar-refractivity contribution is 5.74. The van der Waals surface area contributed by atoms with Crippen LogP contribution in [0.5, 0.6) is 0 Å². The van der Waals surface area contributed by atoms with Gasteiger partial charge in [-0.1, -0.05) is 18.2 Å². The molecular formula is C14H13N3. The summed E-state index contributed by atoms with van der Waals surface area (Å²) in [6.45, 7) is 0. The summed E-state index contributed by atoms with van der Waals surface area (Å²) in [4.78, 5) is 12.0. The molecule has 0 saturated carbocycles. The summed E-state index contributed by atoms with van der Waals surface area (Å²) in [5.74, 6) is 1.04. The molecule has 0 bridgehead atoms. The van der Waals surface area contributed by atoms with Crippen molar-refractivity contribution in [2.45, 2.75) is 12.8 Å². The number of pyridine rings is 1. The molecular weight excluding hydrogens is 210 g/mol.